The summed E-state index contributed by atoms with van der Waals surface area (Å²) in [7, 11) is 1.29. The van der Waals surface area contributed by atoms with Crippen LogP contribution < -0.4 is 10.6 Å². The molecule has 140 valence electrons. The molecule has 0 radical (unpaired) electrons. The molecule has 0 fully saturated rings. The van der Waals surface area contributed by atoms with Gasteiger partial charge in [-0.2, -0.15) is 13.2 Å². The van der Waals surface area contributed by atoms with Crippen LogP contribution in [0.3, 0.4) is 0 Å². The summed E-state index contributed by atoms with van der Waals surface area (Å²) in [4.78, 5) is 26.7. The summed E-state index contributed by atoms with van der Waals surface area (Å²) in [5, 5.41) is 14.9. The minimum absolute atomic E-state index is 0.172. The van der Waals surface area contributed by atoms with E-state index in [0.717, 1.165) is 10.8 Å². The van der Waals surface area contributed by atoms with E-state index in [1.54, 1.807) is 6.07 Å². The maximum Gasteiger partial charge on any atom is 0.425 e. The summed E-state index contributed by atoms with van der Waals surface area (Å²) >= 11 is 0. The number of hydrogen-bond donors (Lipinski definition) is 3. The molecule has 26 heavy (non-hydrogen) atoms. The minimum Gasteiger partial charge on any atom is -0.374 e. The molecule has 2 amide bonds. The van der Waals surface area contributed by atoms with Gasteiger partial charge in [0.05, 0.1) is 6.42 Å². The standard InChI is InChI=1S/C16H17F3N4O3/c1-10(24)21-11-4-3-5-12(8-11)22-13(25)9-15(26,16(17,18)19)14-20-6-7-23(14)2/h3-8,26H,9H2,1-2H3,(H,21,24)(H,22,25). The van der Waals surface area contributed by atoms with Gasteiger partial charge in [0, 0.05) is 37.7 Å². The molecule has 1 heterocycles. The van der Waals surface area contributed by atoms with Gasteiger partial charge in [0.25, 0.3) is 0 Å². The van der Waals surface area contributed by atoms with Crippen LogP contribution >= 0.6 is 0 Å². The van der Waals surface area contributed by atoms with Gasteiger partial charge in [0.2, 0.25) is 17.4 Å². The molecule has 0 spiro atoms. The molecule has 2 rings (SSSR count). The molecule has 0 bridgehead atoms. The first-order chi connectivity index (χ1) is 12.0. The van der Waals surface area contributed by atoms with E-state index >= 15 is 0 Å². The highest BCUT2D eigenvalue weighted by Crippen LogP contribution is 2.40. The predicted octanol–water partition coefficient (Wildman–Crippen LogP) is 2.16. The normalized spacial score (nSPS) is 13.8. The van der Waals surface area contributed by atoms with Crippen molar-refractivity contribution in [3.8, 4) is 0 Å². The fourth-order valence-corrected chi connectivity index (χ4v) is 2.39. The lowest BCUT2D eigenvalue weighted by Gasteiger charge is -2.29. The highest BCUT2D eigenvalue weighted by atomic mass is 19.4. The Bertz CT molecular complexity index is 819. The van der Waals surface area contributed by atoms with Crippen LogP contribution in [0.5, 0.6) is 0 Å². The lowest BCUT2D eigenvalue weighted by molar-refractivity contribution is -0.270. The Morgan fingerprint density at radius 3 is 2.35 bits per heavy atom. The van der Waals surface area contributed by atoms with E-state index in [9.17, 15) is 27.9 Å². The lowest BCUT2D eigenvalue weighted by Crippen LogP contribution is -2.46. The maximum absolute atomic E-state index is 13.4. The third-order valence-corrected chi connectivity index (χ3v) is 3.54. The van der Waals surface area contributed by atoms with Crippen molar-refractivity contribution in [1.82, 2.24) is 9.55 Å². The number of benzene rings is 1. The van der Waals surface area contributed by atoms with Crippen molar-refractivity contribution in [2.45, 2.75) is 25.1 Å². The van der Waals surface area contributed by atoms with Gasteiger partial charge in [0.1, 0.15) is 0 Å². The summed E-state index contributed by atoms with van der Waals surface area (Å²) in [5.74, 6) is -2.09. The fourth-order valence-electron chi connectivity index (χ4n) is 2.39. The molecule has 0 aliphatic carbocycles. The average Bonchev–Trinajstić information content (AvgIpc) is 2.92. The van der Waals surface area contributed by atoms with Gasteiger partial charge in [0.15, 0.2) is 5.82 Å². The number of anilines is 2. The Hall–Kier alpha value is -2.88. The van der Waals surface area contributed by atoms with Crippen molar-refractivity contribution in [2.75, 3.05) is 10.6 Å². The van der Waals surface area contributed by atoms with Crippen molar-refractivity contribution in [1.29, 1.82) is 0 Å². The minimum atomic E-state index is -5.11. The van der Waals surface area contributed by atoms with E-state index in [2.05, 4.69) is 15.6 Å². The van der Waals surface area contributed by atoms with E-state index in [1.165, 1.54) is 38.4 Å². The fraction of sp³-hybridized carbons (Fsp3) is 0.312. The second-order valence-electron chi connectivity index (χ2n) is 5.71. The first kappa shape index (κ1) is 19.4. The number of aromatic nitrogens is 2. The first-order valence-electron chi connectivity index (χ1n) is 7.47. The van der Waals surface area contributed by atoms with Crippen LogP contribution in [-0.2, 0) is 22.2 Å². The lowest BCUT2D eigenvalue weighted by atomic mass is 9.97. The number of amides is 2. The van der Waals surface area contributed by atoms with Gasteiger partial charge in [-0.15, -0.1) is 0 Å². The van der Waals surface area contributed by atoms with Crippen LogP contribution in [0.2, 0.25) is 0 Å². The topological polar surface area (TPSA) is 96.2 Å². The third kappa shape index (κ3) is 4.20. The third-order valence-electron chi connectivity index (χ3n) is 3.54. The van der Waals surface area contributed by atoms with Crippen LogP contribution in [0.25, 0.3) is 0 Å². The van der Waals surface area contributed by atoms with Crippen LogP contribution in [0, 0.1) is 0 Å². The maximum atomic E-state index is 13.4. The van der Waals surface area contributed by atoms with Crippen LogP contribution in [-0.4, -0.2) is 32.6 Å². The zero-order valence-electron chi connectivity index (χ0n) is 14.0. The molecule has 1 aromatic heterocycles. The smallest absolute Gasteiger partial charge is 0.374 e. The number of carbonyl (C=O) groups excluding carboxylic acids is 2. The largest absolute Gasteiger partial charge is 0.425 e. The van der Waals surface area contributed by atoms with E-state index in [4.69, 9.17) is 0 Å². The van der Waals surface area contributed by atoms with Crippen molar-refractivity contribution >= 4 is 23.2 Å². The molecule has 0 saturated carbocycles. The van der Waals surface area contributed by atoms with E-state index in [-0.39, 0.29) is 11.6 Å². The molecule has 7 nitrogen and oxygen atoms in total. The predicted molar refractivity (Wildman–Crippen MR) is 87.2 cm³/mol. The molecular formula is C16H17F3N4O3. The van der Waals surface area contributed by atoms with E-state index < -0.39 is 29.9 Å². The number of imidazole rings is 1. The van der Waals surface area contributed by atoms with Crippen molar-refractivity contribution < 1.29 is 27.9 Å². The number of hydrogen-bond acceptors (Lipinski definition) is 4. The Kier molecular flexibility index (Phi) is 5.36. The zero-order chi connectivity index (χ0) is 19.5. The van der Waals surface area contributed by atoms with Crippen molar-refractivity contribution in [3.63, 3.8) is 0 Å². The summed E-state index contributed by atoms with van der Waals surface area (Å²) in [6.07, 6.45) is -4.05. The number of halogens is 3. The Balaban J connectivity index is 2.21. The Morgan fingerprint density at radius 1 is 1.23 bits per heavy atom. The number of alkyl halides is 3. The second-order valence-corrected chi connectivity index (χ2v) is 5.71. The molecule has 3 N–H and O–H groups in total. The molecule has 0 aliphatic rings. The monoisotopic (exact) mass is 370 g/mol. The molecule has 0 saturated heterocycles. The molecule has 1 aromatic carbocycles. The van der Waals surface area contributed by atoms with Gasteiger partial charge in [-0.1, -0.05) is 6.07 Å². The first-order valence-corrected chi connectivity index (χ1v) is 7.47. The second kappa shape index (κ2) is 7.16. The van der Waals surface area contributed by atoms with Gasteiger partial charge in [-0.3, -0.25) is 9.59 Å². The molecule has 1 atom stereocenters. The van der Waals surface area contributed by atoms with Crippen LogP contribution in [0.15, 0.2) is 36.7 Å². The highest BCUT2D eigenvalue weighted by molar-refractivity contribution is 5.93. The average molecular weight is 370 g/mol. The summed E-state index contributed by atoms with van der Waals surface area (Å²) in [6.45, 7) is 1.29. The number of nitrogens with zero attached hydrogens (tertiary/aromatic N) is 2. The zero-order valence-corrected chi connectivity index (χ0v) is 14.0. The molecule has 0 aliphatic heterocycles. The summed E-state index contributed by atoms with van der Waals surface area (Å²) in [5.41, 5.74) is -2.90. The van der Waals surface area contributed by atoms with Crippen molar-refractivity contribution in [2.24, 2.45) is 7.05 Å². The number of nitrogens with one attached hydrogen (secondary N) is 2. The Labute approximate surface area is 146 Å². The number of aryl methyl sites for hydroxylation is 1. The van der Waals surface area contributed by atoms with Gasteiger partial charge in [-0.05, 0) is 18.2 Å². The molecule has 10 heteroatoms. The van der Waals surface area contributed by atoms with Crippen molar-refractivity contribution in [3.05, 3.63) is 42.5 Å². The highest BCUT2D eigenvalue weighted by Gasteiger charge is 2.58. The molecule has 2 aromatic rings. The number of aliphatic hydroxyl groups is 1. The van der Waals surface area contributed by atoms with Gasteiger partial charge < -0.3 is 20.3 Å². The molecule has 1 unspecified atom stereocenters. The SMILES string of the molecule is CC(=O)Nc1cccc(NC(=O)CC(O)(c2nccn2C)C(F)(F)F)c1. The van der Waals surface area contributed by atoms with Gasteiger partial charge >= 0.3 is 6.18 Å². The summed E-state index contributed by atoms with van der Waals surface area (Å²) in [6, 6.07) is 5.88. The summed E-state index contributed by atoms with van der Waals surface area (Å²) < 4.78 is 41.3. The van der Waals surface area contributed by atoms with E-state index in [0.29, 0.717) is 5.69 Å². The molecular weight excluding hydrogens is 353 g/mol. The van der Waals surface area contributed by atoms with Crippen LogP contribution in [0.4, 0.5) is 24.5 Å². The quantitative estimate of drug-likeness (QED) is 0.751. The van der Waals surface area contributed by atoms with Gasteiger partial charge in [-0.25, -0.2) is 4.98 Å². The number of rotatable bonds is 5. The van der Waals surface area contributed by atoms with Crippen LogP contribution in [0.1, 0.15) is 19.2 Å². The Morgan fingerprint density at radius 2 is 1.85 bits per heavy atom. The van der Waals surface area contributed by atoms with E-state index in [1.807, 2.05) is 0 Å². The number of carbonyl (C=O) groups is 2.